The van der Waals surface area contributed by atoms with Crippen molar-refractivity contribution in [3.05, 3.63) is 71.5 Å². The summed E-state index contributed by atoms with van der Waals surface area (Å²) in [5.41, 5.74) is 3.23. The third-order valence-corrected chi connectivity index (χ3v) is 5.09. The predicted molar refractivity (Wildman–Crippen MR) is 101 cm³/mol. The molecule has 2 aromatic rings. The van der Waals surface area contributed by atoms with E-state index in [1.165, 1.54) is 17.7 Å². The molecule has 0 bridgehead atoms. The number of nitrogens with zero attached hydrogens (tertiary/aromatic N) is 3. The maximum absolute atomic E-state index is 13.0. The molecule has 0 radical (unpaired) electrons. The molecular formula is C21H24FN3O. The first-order valence-corrected chi connectivity index (χ1v) is 9.23. The van der Waals surface area contributed by atoms with Gasteiger partial charge in [-0.1, -0.05) is 47.6 Å². The summed E-state index contributed by atoms with van der Waals surface area (Å²) in [6, 6.07) is 17.1. The fourth-order valence-electron chi connectivity index (χ4n) is 3.60. The topological polar surface area (TPSA) is 28.1 Å². The van der Waals surface area contributed by atoms with Crippen LogP contribution in [0, 0.1) is 5.82 Å². The van der Waals surface area contributed by atoms with Crippen LogP contribution in [0.1, 0.15) is 17.5 Å². The summed E-state index contributed by atoms with van der Waals surface area (Å²) in [6.45, 7) is 6.18. The summed E-state index contributed by atoms with van der Waals surface area (Å²) in [7, 11) is 0. The Bertz CT molecular complexity index is 740. The van der Waals surface area contributed by atoms with Gasteiger partial charge in [-0.15, -0.1) is 0 Å². The zero-order valence-corrected chi connectivity index (χ0v) is 14.9. The molecule has 1 atom stereocenters. The van der Waals surface area contributed by atoms with E-state index in [1.54, 1.807) is 12.1 Å². The average Bonchev–Trinajstić information content (AvgIpc) is 3.13. The Morgan fingerprint density at radius 3 is 2.35 bits per heavy atom. The van der Waals surface area contributed by atoms with Crippen molar-refractivity contribution in [2.75, 3.05) is 32.7 Å². The highest BCUT2D eigenvalue weighted by Crippen LogP contribution is 2.19. The van der Waals surface area contributed by atoms with Gasteiger partial charge in [0.05, 0.1) is 5.71 Å². The Labute approximate surface area is 153 Å². The largest absolute Gasteiger partial charge is 0.390 e. The molecule has 0 spiro atoms. The molecule has 0 N–H and O–H groups in total. The van der Waals surface area contributed by atoms with E-state index in [2.05, 4.69) is 45.3 Å². The van der Waals surface area contributed by atoms with Crippen LogP contribution < -0.4 is 0 Å². The molecular weight excluding hydrogens is 329 g/mol. The molecule has 2 heterocycles. The lowest BCUT2D eigenvalue weighted by Crippen LogP contribution is -2.48. The van der Waals surface area contributed by atoms with Crippen molar-refractivity contribution in [3.8, 4) is 0 Å². The van der Waals surface area contributed by atoms with Crippen LogP contribution in [-0.4, -0.2) is 54.3 Å². The average molecular weight is 353 g/mol. The molecule has 1 fully saturated rings. The Kier molecular flexibility index (Phi) is 5.27. The Hall–Kier alpha value is -2.24. The SMILES string of the molecule is Fc1ccc(C2=NOC(CN3CCN(Cc4ccccc4)CC3)C2)cc1. The fraction of sp³-hybridized carbons (Fsp3) is 0.381. The normalized spacial score (nSPS) is 21.4. The van der Waals surface area contributed by atoms with Crippen molar-refractivity contribution in [3.63, 3.8) is 0 Å². The fourth-order valence-corrected chi connectivity index (χ4v) is 3.60. The van der Waals surface area contributed by atoms with Crippen molar-refractivity contribution in [2.45, 2.75) is 19.1 Å². The van der Waals surface area contributed by atoms with Crippen LogP contribution in [-0.2, 0) is 11.4 Å². The van der Waals surface area contributed by atoms with E-state index in [1.807, 2.05) is 0 Å². The molecule has 2 aliphatic heterocycles. The van der Waals surface area contributed by atoms with Crippen LogP contribution in [0.3, 0.4) is 0 Å². The minimum absolute atomic E-state index is 0.0933. The van der Waals surface area contributed by atoms with Crippen LogP contribution >= 0.6 is 0 Å². The summed E-state index contributed by atoms with van der Waals surface area (Å²) < 4.78 is 13.0. The van der Waals surface area contributed by atoms with Gasteiger partial charge in [0.15, 0.2) is 0 Å². The molecule has 2 aliphatic rings. The molecule has 1 saturated heterocycles. The van der Waals surface area contributed by atoms with Gasteiger partial charge in [0.2, 0.25) is 0 Å². The summed E-state index contributed by atoms with van der Waals surface area (Å²) in [6.07, 6.45) is 0.881. The second-order valence-corrected chi connectivity index (χ2v) is 7.04. The molecule has 136 valence electrons. The monoisotopic (exact) mass is 353 g/mol. The maximum atomic E-state index is 13.0. The number of hydrogen-bond donors (Lipinski definition) is 0. The smallest absolute Gasteiger partial charge is 0.145 e. The highest BCUT2D eigenvalue weighted by atomic mass is 19.1. The van der Waals surface area contributed by atoms with E-state index < -0.39 is 0 Å². The number of oxime groups is 1. The lowest BCUT2D eigenvalue weighted by Gasteiger charge is -2.35. The molecule has 4 nitrogen and oxygen atoms in total. The second kappa shape index (κ2) is 7.98. The van der Waals surface area contributed by atoms with Gasteiger partial charge in [0.25, 0.3) is 0 Å². The molecule has 26 heavy (non-hydrogen) atoms. The minimum Gasteiger partial charge on any atom is -0.390 e. The Morgan fingerprint density at radius 1 is 0.923 bits per heavy atom. The van der Waals surface area contributed by atoms with Crippen LogP contribution in [0.15, 0.2) is 59.8 Å². The van der Waals surface area contributed by atoms with Crippen molar-refractivity contribution in [1.29, 1.82) is 0 Å². The number of benzene rings is 2. The molecule has 0 saturated carbocycles. The Balaban J connectivity index is 1.22. The lowest BCUT2D eigenvalue weighted by atomic mass is 10.0. The summed E-state index contributed by atoms with van der Waals surface area (Å²) in [4.78, 5) is 10.6. The van der Waals surface area contributed by atoms with E-state index in [9.17, 15) is 4.39 Å². The highest BCUT2D eigenvalue weighted by molar-refractivity contribution is 6.01. The zero-order valence-electron chi connectivity index (χ0n) is 14.9. The second-order valence-electron chi connectivity index (χ2n) is 7.04. The first-order valence-electron chi connectivity index (χ1n) is 9.23. The summed E-state index contributed by atoms with van der Waals surface area (Å²) in [5.74, 6) is -0.224. The lowest BCUT2D eigenvalue weighted by molar-refractivity contribution is 0.0338. The van der Waals surface area contributed by atoms with Gasteiger partial charge in [-0.2, -0.15) is 0 Å². The van der Waals surface area contributed by atoms with Crippen LogP contribution in [0.4, 0.5) is 4.39 Å². The maximum Gasteiger partial charge on any atom is 0.145 e. The van der Waals surface area contributed by atoms with Gasteiger partial charge < -0.3 is 4.84 Å². The predicted octanol–water partition coefficient (Wildman–Crippen LogP) is 3.14. The van der Waals surface area contributed by atoms with Crippen molar-refractivity contribution < 1.29 is 9.23 Å². The number of hydrogen-bond acceptors (Lipinski definition) is 4. The quantitative estimate of drug-likeness (QED) is 0.827. The first-order chi connectivity index (χ1) is 12.8. The van der Waals surface area contributed by atoms with Crippen molar-refractivity contribution >= 4 is 5.71 Å². The van der Waals surface area contributed by atoms with Crippen LogP contribution in [0.25, 0.3) is 0 Å². The first kappa shape index (κ1) is 17.2. The standard InChI is InChI=1S/C21H24FN3O/c22-19-8-6-18(7-9-19)21-14-20(26-23-21)16-25-12-10-24(11-13-25)15-17-4-2-1-3-5-17/h1-9,20H,10-16H2. The zero-order chi connectivity index (χ0) is 17.8. The van der Waals surface area contributed by atoms with Crippen LogP contribution in [0.2, 0.25) is 0 Å². The molecule has 0 amide bonds. The van der Waals surface area contributed by atoms with E-state index in [0.717, 1.165) is 57.0 Å². The molecule has 1 unspecified atom stereocenters. The number of rotatable bonds is 5. The van der Waals surface area contributed by atoms with Gasteiger partial charge in [0.1, 0.15) is 11.9 Å². The summed E-state index contributed by atoms with van der Waals surface area (Å²) in [5, 5.41) is 4.21. The van der Waals surface area contributed by atoms with E-state index in [-0.39, 0.29) is 11.9 Å². The van der Waals surface area contributed by atoms with E-state index in [0.29, 0.717) is 0 Å². The molecule has 0 aliphatic carbocycles. The van der Waals surface area contributed by atoms with E-state index in [4.69, 9.17) is 4.84 Å². The highest BCUT2D eigenvalue weighted by Gasteiger charge is 2.26. The van der Waals surface area contributed by atoms with Crippen molar-refractivity contribution in [2.24, 2.45) is 5.16 Å². The van der Waals surface area contributed by atoms with Gasteiger partial charge in [-0.3, -0.25) is 9.80 Å². The Morgan fingerprint density at radius 2 is 1.62 bits per heavy atom. The third kappa shape index (κ3) is 4.29. The van der Waals surface area contributed by atoms with Gasteiger partial charge in [0, 0.05) is 45.7 Å². The third-order valence-electron chi connectivity index (χ3n) is 5.09. The molecule has 5 heteroatoms. The molecule has 4 rings (SSSR count). The summed E-state index contributed by atoms with van der Waals surface area (Å²) >= 11 is 0. The van der Waals surface area contributed by atoms with Gasteiger partial charge in [-0.05, 0) is 23.3 Å². The van der Waals surface area contributed by atoms with E-state index >= 15 is 0 Å². The number of piperazine rings is 1. The van der Waals surface area contributed by atoms with Crippen LogP contribution in [0.5, 0.6) is 0 Å². The van der Waals surface area contributed by atoms with Crippen molar-refractivity contribution in [1.82, 2.24) is 9.80 Å². The molecule has 0 aromatic heterocycles. The number of halogens is 1. The van der Waals surface area contributed by atoms with Gasteiger partial charge in [-0.25, -0.2) is 4.39 Å². The van der Waals surface area contributed by atoms with Gasteiger partial charge >= 0.3 is 0 Å². The minimum atomic E-state index is -0.224. The molecule has 2 aromatic carbocycles.